The van der Waals surface area contributed by atoms with Gasteiger partial charge in [0.05, 0.1) is 35.0 Å². The first-order valence-electron chi connectivity index (χ1n) is 10.9. The summed E-state index contributed by atoms with van der Waals surface area (Å²) in [6.45, 7) is 0.995. The van der Waals surface area contributed by atoms with Gasteiger partial charge in [-0.1, -0.05) is 12.1 Å². The predicted molar refractivity (Wildman–Crippen MR) is 123 cm³/mol. The number of nitrogens with zero attached hydrogens (tertiary/aromatic N) is 1. The number of nitrogens with one attached hydrogen (secondary N) is 2. The number of rotatable bonds is 8. The quantitative estimate of drug-likeness (QED) is 0.545. The summed E-state index contributed by atoms with van der Waals surface area (Å²) in [6.07, 6.45) is 1.84. The predicted octanol–water partition coefficient (Wildman–Crippen LogP) is 2.06. The fourth-order valence-electron chi connectivity index (χ4n) is 3.94. The van der Waals surface area contributed by atoms with Crippen LogP contribution in [0.2, 0.25) is 0 Å². The Morgan fingerprint density at radius 2 is 1.88 bits per heavy atom. The SMILES string of the molecule is COc1ccc(S(=O)(=O)Nc2ccccc2C(=O)NC[C@H]2CCCO2)cc1N1C(=O)CCC1=O. The van der Waals surface area contributed by atoms with Crippen molar-refractivity contribution in [3.8, 4) is 5.75 Å². The molecule has 2 aliphatic heterocycles. The van der Waals surface area contributed by atoms with Crippen LogP contribution in [-0.4, -0.2) is 52.5 Å². The Labute approximate surface area is 197 Å². The maximum absolute atomic E-state index is 13.2. The average Bonchev–Trinajstić information content (AvgIpc) is 3.46. The highest BCUT2D eigenvalue weighted by Crippen LogP contribution is 2.35. The molecule has 0 saturated carbocycles. The van der Waals surface area contributed by atoms with Crippen LogP contribution in [0.4, 0.5) is 11.4 Å². The molecule has 34 heavy (non-hydrogen) atoms. The molecule has 2 N–H and O–H groups in total. The molecule has 2 saturated heterocycles. The molecular formula is C23H25N3O7S. The summed E-state index contributed by atoms with van der Waals surface area (Å²) in [6, 6.07) is 10.1. The normalized spacial score (nSPS) is 18.3. The van der Waals surface area contributed by atoms with E-state index in [2.05, 4.69) is 10.0 Å². The average molecular weight is 488 g/mol. The highest BCUT2D eigenvalue weighted by Gasteiger charge is 2.33. The fourth-order valence-corrected chi connectivity index (χ4v) is 5.04. The van der Waals surface area contributed by atoms with Crippen molar-refractivity contribution >= 4 is 39.1 Å². The van der Waals surface area contributed by atoms with E-state index in [0.717, 1.165) is 17.7 Å². The number of hydrogen-bond donors (Lipinski definition) is 2. The molecule has 180 valence electrons. The topological polar surface area (TPSA) is 131 Å². The monoisotopic (exact) mass is 487 g/mol. The number of ether oxygens (including phenoxy) is 2. The molecule has 0 radical (unpaired) electrons. The van der Waals surface area contributed by atoms with Crippen LogP contribution < -0.4 is 19.7 Å². The first kappa shape index (κ1) is 23.7. The number of imide groups is 1. The van der Waals surface area contributed by atoms with Gasteiger partial charge >= 0.3 is 0 Å². The van der Waals surface area contributed by atoms with Crippen molar-refractivity contribution in [3.05, 3.63) is 48.0 Å². The molecule has 11 heteroatoms. The Kier molecular flexibility index (Phi) is 6.85. The number of anilines is 2. The number of amides is 3. The molecule has 2 aliphatic rings. The van der Waals surface area contributed by atoms with Crippen LogP contribution in [0, 0.1) is 0 Å². The van der Waals surface area contributed by atoms with Crippen LogP contribution in [0.15, 0.2) is 47.4 Å². The van der Waals surface area contributed by atoms with E-state index >= 15 is 0 Å². The molecule has 0 unspecified atom stereocenters. The lowest BCUT2D eigenvalue weighted by Gasteiger charge is -2.19. The number of benzene rings is 2. The van der Waals surface area contributed by atoms with E-state index < -0.39 is 27.7 Å². The zero-order valence-corrected chi connectivity index (χ0v) is 19.4. The first-order valence-corrected chi connectivity index (χ1v) is 12.3. The van der Waals surface area contributed by atoms with Gasteiger partial charge in [0.25, 0.3) is 15.9 Å². The van der Waals surface area contributed by atoms with Gasteiger partial charge in [-0.05, 0) is 43.2 Å². The van der Waals surface area contributed by atoms with Crippen molar-refractivity contribution in [1.82, 2.24) is 5.32 Å². The largest absolute Gasteiger partial charge is 0.495 e. The third-order valence-electron chi connectivity index (χ3n) is 5.68. The maximum atomic E-state index is 13.2. The van der Waals surface area contributed by atoms with Gasteiger partial charge in [-0.3, -0.25) is 19.1 Å². The third-order valence-corrected chi connectivity index (χ3v) is 7.05. The highest BCUT2D eigenvalue weighted by molar-refractivity contribution is 7.92. The molecule has 4 rings (SSSR count). The molecular weight excluding hydrogens is 462 g/mol. The Hall–Kier alpha value is -3.44. The Morgan fingerprint density at radius 3 is 2.56 bits per heavy atom. The lowest BCUT2D eigenvalue weighted by molar-refractivity contribution is -0.121. The second-order valence-electron chi connectivity index (χ2n) is 7.95. The highest BCUT2D eigenvalue weighted by atomic mass is 32.2. The summed E-state index contributed by atoms with van der Waals surface area (Å²) in [4.78, 5) is 37.9. The maximum Gasteiger partial charge on any atom is 0.261 e. The third kappa shape index (κ3) is 4.90. The van der Waals surface area contributed by atoms with Gasteiger partial charge < -0.3 is 14.8 Å². The van der Waals surface area contributed by atoms with Crippen molar-refractivity contribution in [2.45, 2.75) is 36.7 Å². The van der Waals surface area contributed by atoms with Gasteiger partial charge in [0.2, 0.25) is 11.8 Å². The Bertz CT molecular complexity index is 1210. The first-order chi connectivity index (χ1) is 16.3. The van der Waals surface area contributed by atoms with Gasteiger partial charge in [0.15, 0.2) is 0 Å². The Balaban J connectivity index is 1.59. The van der Waals surface area contributed by atoms with E-state index in [1.165, 1.54) is 37.4 Å². The number of para-hydroxylation sites is 1. The van der Waals surface area contributed by atoms with E-state index in [0.29, 0.717) is 13.2 Å². The van der Waals surface area contributed by atoms with Crippen molar-refractivity contribution < 1.29 is 32.3 Å². The fraction of sp³-hybridized carbons (Fsp3) is 0.348. The molecule has 2 heterocycles. The minimum Gasteiger partial charge on any atom is -0.495 e. The molecule has 1 atom stereocenters. The summed E-state index contributed by atoms with van der Waals surface area (Å²) in [7, 11) is -2.81. The smallest absolute Gasteiger partial charge is 0.261 e. The summed E-state index contributed by atoms with van der Waals surface area (Å²) in [5.41, 5.74) is 0.307. The second kappa shape index (κ2) is 9.82. The van der Waals surface area contributed by atoms with Crippen molar-refractivity contribution in [2.24, 2.45) is 0 Å². The lowest BCUT2D eigenvalue weighted by atomic mass is 10.1. The zero-order chi connectivity index (χ0) is 24.3. The zero-order valence-electron chi connectivity index (χ0n) is 18.6. The minimum absolute atomic E-state index is 0.0472. The van der Waals surface area contributed by atoms with E-state index in [4.69, 9.17) is 9.47 Å². The number of sulfonamides is 1. The minimum atomic E-state index is -4.17. The molecule has 0 bridgehead atoms. The van der Waals surface area contributed by atoms with E-state index in [1.807, 2.05) is 0 Å². The summed E-state index contributed by atoms with van der Waals surface area (Å²) < 4.78 is 39.5. The molecule has 2 fully saturated rings. The van der Waals surface area contributed by atoms with E-state index in [1.54, 1.807) is 12.1 Å². The van der Waals surface area contributed by atoms with Crippen LogP contribution in [0.25, 0.3) is 0 Å². The summed E-state index contributed by atoms with van der Waals surface area (Å²) in [5.74, 6) is -1.10. The van der Waals surface area contributed by atoms with Gasteiger partial charge in [0, 0.05) is 26.0 Å². The summed E-state index contributed by atoms with van der Waals surface area (Å²) >= 11 is 0. The van der Waals surface area contributed by atoms with Gasteiger partial charge in [0.1, 0.15) is 5.75 Å². The van der Waals surface area contributed by atoms with E-state index in [-0.39, 0.29) is 46.5 Å². The second-order valence-corrected chi connectivity index (χ2v) is 9.64. The van der Waals surface area contributed by atoms with Crippen LogP contribution in [0.1, 0.15) is 36.0 Å². The van der Waals surface area contributed by atoms with E-state index in [9.17, 15) is 22.8 Å². The molecule has 0 spiro atoms. The molecule has 0 aliphatic carbocycles. The molecule has 2 aromatic rings. The van der Waals surface area contributed by atoms with Crippen molar-refractivity contribution in [2.75, 3.05) is 29.9 Å². The molecule has 3 amide bonds. The van der Waals surface area contributed by atoms with Crippen LogP contribution in [-0.2, 0) is 24.3 Å². The summed E-state index contributed by atoms with van der Waals surface area (Å²) in [5, 5.41) is 2.78. The van der Waals surface area contributed by atoms with Crippen molar-refractivity contribution in [1.29, 1.82) is 0 Å². The molecule has 10 nitrogen and oxygen atoms in total. The van der Waals surface area contributed by atoms with Crippen LogP contribution in [0.3, 0.4) is 0 Å². The van der Waals surface area contributed by atoms with Crippen LogP contribution >= 0.6 is 0 Å². The number of carbonyl (C=O) groups is 3. The number of hydrogen-bond acceptors (Lipinski definition) is 7. The van der Waals surface area contributed by atoms with Crippen molar-refractivity contribution in [3.63, 3.8) is 0 Å². The van der Waals surface area contributed by atoms with Gasteiger partial charge in [-0.25, -0.2) is 13.3 Å². The Morgan fingerprint density at radius 1 is 1.15 bits per heavy atom. The standard InChI is InChI=1S/C23H25N3O7S/c1-32-20-9-8-16(13-19(20)26-21(27)10-11-22(26)28)34(30,31)25-18-7-3-2-6-17(18)23(29)24-14-15-5-4-12-33-15/h2-3,6-9,13,15,25H,4-5,10-12,14H2,1H3,(H,24,29)/t15-/m1/s1. The molecule has 0 aromatic heterocycles. The lowest BCUT2D eigenvalue weighted by Crippen LogP contribution is -2.32. The van der Waals surface area contributed by atoms with Gasteiger partial charge in [-0.2, -0.15) is 0 Å². The van der Waals surface area contributed by atoms with Crippen LogP contribution in [0.5, 0.6) is 5.75 Å². The molecule has 2 aromatic carbocycles. The van der Waals surface area contributed by atoms with Gasteiger partial charge in [-0.15, -0.1) is 0 Å². The number of methoxy groups -OCH3 is 1. The number of carbonyl (C=O) groups excluding carboxylic acids is 3.